The van der Waals surface area contributed by atoms with Crippen molar-refractivity contribution in [1.82, 2.24) is 0 Å². The Labute approximate surface area is 93.0 Å². The van der Waals surface area contributed by atoms with Gasteiger partial charge in [0.2, 0.25) is 0 Å². The molecule has 0 aromatic rings. The van der Waals surface area contributed by atoms with E-state index in [0.29, 0.717) is 6.10 Å². The predicted molar refractivity (Wildman–Crippen MR) is 60.7 cm³/mol. The third-order valence-electron chi connectivity index (χ3n) is 4.45. The molecule has 0 aromatic heterocycles. The van der Waals surface area contributed by atoms with Crippen molar-refractivity contribution in [1.29, 1.82) is 0 Å². The van der Waals surface area contributed by atoms with Gasteiger partial charge in [0.1, 0.15) is 0 Å². The van der Waals surface area contributed by atoms with E-state index in [4.69, 9.17) is 4.74 Å². The average Bonchev–Trinajstić information content (AvgIpc) is 2.21. The van der Waals surface area contributed by atoms with Crippen LogP contribution in [0.15, 0.2) is 0 Å². The number of rotatable bonds is 2. The number of hydrogen-bond donors (Lipinski definition) is 1. The van der Waals surface area contributed by atoms with Crippen molar-refractivity contribution < 1.29 is 9.84 Å². The first-order valence-corrected chi connectivity index (χ1v) is 6.33. The van der Waals surface area contributed by atoms with Gasteiger partial charge in [0.15, 0.2) is 0 Å². The Kier molecular flexibility index (Phi) is 3.09. The van der Waals surface area contributed by atoms with Gasteiger partial charge in [0.05, 0.1) is 18.3 Å². The van der Waals surface area contributed by atoms with Crippen LogP contribution in [0.4, 0.5) is 0 Å². The molecule has 0 aromatic carbocycles. The molecule has 1 N–H and O–H groups in total. The largest absolute Gasteiger partial charge is 0.392 e. The van der Waals surface area contributed by atoms with E-state index >= 15 is 0 Å². The SMILES string of the molecule is CC1CCC(OC2CC(O)C2(C)C)CC1. The lowest BCUT2D eigenvalue weighted by atomic mass is 9.66. The Morgan fingerprint density at radius 2 is 1.73 bits per heavy atom. The number of aliphatic hydroxyl groups excluding tert-OH is 1. The molecule has 2 nitrogen and oxygen atoms in total. The van der Waals surface area contributed by atoms with E-state index in [1.807, 2.05) is 0 Å². The van der Waals surface area contributed by atoms with E-state index in [9.17, 15) is 5.11 Å². The van der Waals surface area contributed by atoms with Crippen molar-refractivity contribution in [3.63, 3.8) is 0 Å². The van der Waals surface area contributed by atoms with Gasteiger partial charge in [0, 0.05) is 11.8 Å². The molecule has 2 fully saturated rings. The molecule has 0 bridgehead atoms. The Bertz CT molecular complexity index is 217. The van der Waals surface area contributed by atoms with Crippen LogP contribution in [-0.4, -0.2) is 23.4 Å². The molecule has 0 heterocycles. The van der Waals surface area contributed by atoms with E-state index in [2.05, 4.69) is 20.8 Å². The summed E-state index contributed by atoms with van der Waals surface area (Å²) in [6.45, 7) is 6.54. The summed E-state index contributed by atoms with van der Waals surface area (Å²) in [6.07, 6.45) is 6.45. The fraction of sp³-hybridized carbons (Fsp3) is 1.00. The molecule has 0 amide bonds. The third-order valence-corrected chi connectivity index (χ3v) is 4.45. The van der Waals surface area contributed by atoms with Crippen LogP contribution < -0.4 is 0 Å². The van der Waals surface area contributed by atoms with Crippen LogP contribution >= 0.6 is 0 Å². The molecule has 88 valence electrons. The van der Waals surface area contributed by atoms with E-state index in [1.54, 1.807) is 0 Å². The first kappa shape index (κ1) is 11.4. The van der Waals surface area contributed by atoms with Crippen LogP contribution in [-0.2, 0) is 4.74 Å². The zero-order chi connectivity index (χ0) is 11.1. The zero-order valence-corrected chi connectivity index (χ0v) is 10.2. The number of ether oxygens (including phenoxy) is 1. The second kappa shape index (κ2) is 4.06. The summed E-state index contributed by atoms with van der Waals surface area (Å²) in [6, 6.07) is 0. The maximum Gasteiger partial charge on any atom is 0.0679 e. The van der Waals surface area contributed by atoms with Gasteiger partial charge >= 0.3 is 0 Å². The van der Waals surface area contributed by atoms with Gasteiger partial charge in [-0.3, -0.25) is 0 Å². The van der Waals surface area contributed by atoms with E-state index in [-0.39, 0.29) is 17.6 Å². The molecular formula is C13H24O2. The second-order valence-electron chi connectivity index (χ2n) is 6.08. The average molecular weight is 212 g/mol. The fourth-order valence-electron chi connectivity index (χ4n) is 2.69. The first-order chi connectivity index (χ1) is 7.00. The second-order valence-corrected chi connectivity index (χ2v) is 6.08. The molecule has 2 rings (SSSR count). The maximum absolute atomic E-state index is 9.64. The minimum Gasteiger partial charge on any atom is -0.392 e. The van der Waals surface area contributed by atoms with Gasteiger partial charge in [-0.25, -0.2) is 0 Å². The van der Waals surface area contributed by atoms with Crippen LogP contribution in [0, 0.1) is 11.3 Å². The lowest BCUT2D eigenvalue weighted by Gasteiger charge is -2.50. The summed E-state index contributed by atoms with van der Waals surface area (Å²) in [4.78, 5) is 0. The summed E-state index contributed by atoms with van der Waals surface area (Å²) in [5.41, 5.74) is -0.0247. The van der Waals surface area contributed by atoms with Gasteiger partial charge < -0.3 is 9.84 Å². The van der Waals surface area contributed by atoms with Gasteiger partial charge in [-0.05, 0) is 31.6 Å². The summed E-state index contributed by atoms with van der Waals surface area (Å²) in [7, 11) is 0. The van der Waals surface area contributed by atoms with Gasteiger partial charge in [-0.2, -0.15) is 0 Å². The zero-order valence-electron chi connectivity index (χ0n) is 10.2. The highest BCUT2D eigenvalue weighted by Gasteiger charge is 2.49. The molecule has 15 heavy (non-hydrogen) atoms. The molecule has 2 unspecified atom stereocenters. The molecule has 0 saturated heterocycles. The minimum atomic E-state index is -0.162. The lowest BCUT2D eigenvalue weighted by Crippen LogP contribution is -2.55. The smallest absolute Gasteiger partial charge is 0.0679 e. The molecule has 2 atom stereocenters. The number of hydrogen-bond acceptors (Lipinski definition) is 2. The van der Waals surface area contributed by atoms with E-state index in [0.717, 1.165) is 12.3 Å². The van der Waals surface area contributed by atoms with Crippen LogP contribution in [0.5, 0.6) is 0 Å². The Hall–Kier alpha value is -0.0800. The highest BCUT2D eigenvalue weighted by Crippen LogP contribution is 2.44. The van der Waals surface area contributed by atoms with Crippen molar-refractivity contribution >= 4 is 0 Å². The van der Waals surface area contributed by atoms with E-state index in [1.165, 1.54) is 25.7 Å². The van der Waals surface area contributed by atoms with Crippen LogP contribution in [0.2, 0.25) is 0 Å². The summed E-state index contributed by atoms with van der Waals surface area (Å²) in [5, 5.41) is 9.64. The topological polar surface area (TPSA) is 29.5 Å². The van der Waals surface area contributed by atoms with Crippen LogP contribution in [0.25, 0.3) is 0 Å². The first-order valence-electron chi connectivity index (χ1n) is 6.33. The molecule has 2 saturated carbocycles. The molecule has 2 aliphatic carbocycles. The van der Waals surface area contributed by atoms with Crippen molar-refractivity contribution in [2.24, 2.45) is 11.3 Å². The summed E-state index contributed by atoms with van der Waals surface area (Å²) >= 11 is 0. The molecule has 0 spiro atoms. The minimum absolute atomic E-state index is 0.0247. The third kappa shape index (κ3) is 2.21. The predicted octanol–water partition coefficient (Wildman–Crippen LogP) is 2.74. The van der Waals surface area contributed by atoms with E-state index < -0.39 is 0 Å². The summed E-state index contributed by atoms with van der Waals surface area (Å²) < 4.78 is 6.10. The van der Waals surface area contributed by atoms with Crippen molar-refractivity contribution in [3.8, 4) is 0 Å². The Morgan fingerprint density at radius 3 is 2.20 bits per heavy atom. The normalized spacial score (nSPS) is 44.8. The Morgan fingerprint density at radius 1 is 1.13 bits per heavy atom. The maximum atomic E-state index is 9.64. The molecule has 0 aliphatic heterocycles. The van der Waals surface area contributed by atoms with Crippen molar-refractivity contribution in [2.45, 2.75) is 71.2 Å². The fourth-order valence-corrected chi connectivity index (χ4v) is 2.69. The molecule has 0 radical (unpaired) electrons. The number of aliphatic hydroxyl groups is 1. The van der Waals surface area contributed by atoms with Gasteiger partial charge in [0.25, 0.3) is 0 Å². The van der Waals surface area contributed by atoms with Crippen LogP contribution in [0.3, 0.4) is 0 Å². The van der Waals surface area contributed by atoms with Gasteiger partial charge in [-0.1, -0.05) is 20.8 Å². The van der Waals surface area contributed by atoms with Crippen molar-refractivity contribution in [2.75, 3.05) is 0 Å². The van der Waals surface area contributed by atoms with Gasteiger partial charge in [-0.15, -0.1) is 0 Å². The highest BCUT2D eigenvalue weighted by molar-refractivity contribution is 4.98. The van der Waals surface area contributed by atoms with Crippen molar-refractivity contribution in [3.05, 3.63) is 0 Å². The highest BCUT2D eigenvalue weighted by atomic mass is 16.5. The molecule has 2 aliphatic rings. The van der Waals surface area contributed by atoms with Crippen LogP contribution in [0.1, 0.15) is 52.9 Å². The standard InChI is InChI=1S/C13H24O2/c1-9-4-6-10(7-5-9)15-12-8-11(14)13(12,2)3/h9-12,14H,4-8H2,1-3H3. The Balaban J connectivity index is 1.79. The summed E-state index contributed by atoms with van der Waals surface area (Å²) in [5.74, 6) is 0.879. The monoisotopic (exact) mass is 212 g/mol. The quantitative estimate of drug-likeness (QED) is 0.762. The molecule has 2 heteroatoms. The molecular weight excluding hydrogens is 188 g/mol. The lowest BCUT2D eigenvalue weighted by molar-refractivity contribution is -0.199.